The van der Waals surface area contributed by atoms with Crippen LogP contribution in [0.25, 0.3) is 0 Å². The van der Waals surface area contributed by atoms with Crippen LogP contribution in [-0.2, 0) is 6.42 Å². The Bertz CT molecular complexity index is 611. The summed E-state index contributed by atoms with van der Waals surface area (Å²) in [5, 5.41) is 3.35. The van der Waals surface area contributed by atoms with Gasteiger partial charge in [0.1, 0.15) is 0 Å². The van der Waals surface area contributed by atoms with Gasteiger partial charge in [-0.05, 0) is 81.9 Å². The summed E-state index contributed by atoms with van der Waals surface area (Å²) in [6.07, 6.45) is 2.76. The molecule has 0 aliphatic carbocycles. The molecule has 2 rings (SSSR count). The van der Waals surface area contributed by atoms with Gasteiger partial charge in [0.25, 0.3) is 0 Å². The van der Waals surface area contributed by atoms with E-state index >= 15 is 0 Å². The van der Waals surface area contributed by atoms with Gasteiger partial charge in [0.05, 0.1) is 11.7 Å². The number of nitrogens with one attached hydrogen (secondary N) is 1. The summed E-state index contributed by atoms with van der Waals surface area (Å²) < 4.78 is 2.00. The van der Waals surface area contributed by atoms with Crippen LogP contribution in [0.4, 0.5) is 0 Å². The molecule has 2 aromatic rings. The van der Waals surface area contributed by atoms with E-state index in [0.717, 1.165) is 21.1 Å². The largest absolute Gasteiger partial charge is 0.311 e. The summed E-state index contributed by atoms with van der Waals surface area (Å²) in [5.74, 6) is 0. The van der Waals surface area contributed by atoms with Crippen LogP contribution in [0.5, 0.6) is 0 Å². The summed E-state index contributed by atoms with van der Waals surface area (Å²) >= 11 is 7.03. The zero-order valence-corrected chi connectivity index (χ0v) is 15.0. The van der Waals surface area contributed by atoms with Gasteiger partial charge in [-0.3, -0.25) is 4.98 Å². The molecule has 1 N–H and O–H groups in total. The fraction of sp³-hybridized carbons (Fsp3) is 0.312. The quantitative estimate of drug-likeness (QED) is 0.806. The fourth-order valence-electron chi connectivity index (χ4n) is 2.18. The molecule has 1 atom stereocenters. The van der Waals surface area contributed by atoms with Crippen LogP contribution in [0, 0.1) is 13.8 Å². The van der Waals surface area contributed by atoms with Crippen molar-refractivity contribution < 1.29 is 0 Å². The number of benzene rings is 1. The summed E-state index contributed by atoms with van der Waals surface area (Å²) in [5.41, 5.74) is 5.02. The molecule has 1 aromatic carbocycles. The second-order valence-electron chi connectivity index (χ2n) is 4.98. The first-order valence-corrected chi connectivity index (χ1v) is 8.14. The number of likely N-dealkylation sites (N-methyl/N-ethyl adjacent to an activating group) is 1. The standard InChI is InChI=1S/C16H18Br2N2/c1-10-4-5-12(6-11(10)2)7-15(19-3)16-14(18)8-13(17)9-20-16/h4-6,8-9,15,19H,7H2,1-3H3. The summed E-state index contributed by atoms with van der Waals surface area (Å²) in [4.78, 5) is 4.53. The van der Waals surface area contributed by atoms with E-state index in [9.17, 15) is 0 Å². The molecule has 0 saturated carbocycles. The molecular weight excluding hydrogens is 380 g/mol. The first kappa shape index (κ1) is 15.7. The van der Waals surface area contributed by atoms with Crippen molar-refractivity contribution in [2.24, 2.45) is 0 Å². The Balaban J connectivity index is 2.26. The molecule has 0 saturated heterocycles. The number of pyridine rings is 1. The van der Waals surface area contributed by atoms with Crippen LogP contribution in [0.15, 0.2) is 39.4 Å². The second-order valence-corrected chi connectivity index (χ2v) is 6.75. The van der Waals surface area contributed by atoms with Gasteiger partial charge in [-0.15, -0.1) is 0 Å². The van der Waals surface area contributed by atoms with E-state index in [0.29, 0.717) is 0 Å². The Morgan fingerprint density at radius 2 is 1.90 bits per heavy atom. The maximum Gasteiger partial charge on any atom is 0.0719 e. The van der Waals surface area contributed by atoms with Crippen molar-refractivity contribution in [2.45, 2.75) is 26.3 Å². The highest BCUT2D eigenvalue weighted by atomic mass is 79.9. The molecule has 0 bridgehead atoms. The number of halogens is 2. The first-order valence-electron chi connectivity index (χ1n) is 6.55. The highest BCUT2D eigenvalue weighted by Crippen LogP contribution is 2.27. The van der Waals surface area contributed by atoms with Gasteiger partial charge < -0.3 is 5.32 Å². The van der Waals surface area contributed by atoms with Gasteiger partial charge in [-0.25, -0.2) is 0 Å². The minimum Gasteiger partial charge on any atom is -0.311 e. The molecule has 1 heterocycles. The van der Waals surface area contributed by atoms with Crippen molar-refractivity contribution in [2.75, 3.05) is 7.05 Å². The van der Waals surface area contributed by atoms with E-state index in [-0.39, 0.29) is 6.04 Å². The lowest BCUT2D eigenvalue weighted by atomic mass is 9.99. The third kappa shape index (κ3) is 3.68. The van der Waals surface area contributed by atoms with Crippen LogP contribution in [0.1, 0.15) is 28.4 Å². The van der Waals surface area contributed by atoms with Gasteiger partial charge in [-0.2, -0.15) is 0 Å². The third-order valence-electron chi connectivity index (χ3n) is 3.53. The van der Waals surface area contributed by atoms with Crippen molar-refractivity contribution >= 4 is 31.9 Å². The van der Waals surface area contributed by atoms with Crippen LogP contribution < -0.4 is 5.32 Å². The molecule has 0 fully saturated rings. The number of nitrogens with zero attached hydrogens (tertiary/aromatic N) is 1. The topological polar surface area (TPSA) is 24.9 Å². The molecular formula is C16H18Br2N2. The zero-order valence-electron chi connectivity index (χ0n) is 11.9. The molecule has 106 valence electrons. The summed E-state index contributed by atoms with van der Waals surface area (Å²) in [6.45, 7) is 4.29. The number of rotatable bonds is 4. The lowest BCUT2D eigenvalue weighted by molar-refractivity contribution is 0.573. The van der Waals surface area contributed by atoms with E-state index in [4.69, 9.17) is 0 Å². The lowest BCUT2D eigenvalue weighted by Gasteiger charge is -2.18. The summed E-state index contributed by atoms with van der Waals surface area (Å²) in [6, 6.07) is 8.86. The smallest absolute Gasteiger partial charge is 0.0719 e. The van der Waals surface area contributed by atoms with E-state index in [1.807, 2.05) is 19.3 Å². The normalized spacial score (nSPS) is 12.4. The van der Waals surface area contributed by atoms with Crippen LogP contribution in [0.2, 0.25) is 0 Å². The molecule has 0 aliphatic heterocycles. The van der Waals surface area contributed by atoms with E-state index in [2.05, 4.69) is 74.2 Å². The Hall–Kier alpha value is -0.710. The van der Waals surface area contributed by atoms with Crippen LogP contribution >= 0.6 is 31.9 Å². The Kier molecular flexibility index (Phi) is 5.35. The molecule has 0 amide bonds. The molecule has 0 aliphatic rings. The van der Waals surface area contributed by atoms with Crippen LogP contribution in [-0.4, -0.2) is 12.0 Å². The molecule has 1 aromatic heterocycles. The van der Waals surface area contributed by atoms with Crippen molar-refractivity contribution in [3.8, 4) is 0 Å². The molecule has 0 radical (unpaired) electrons. The lowest BCUT2D eigenvalue weighted by Crippen LogP contribution is -2.20. The highest BCUT2D eigenvalue weighted by Gasteiger charge is 2.15. The molecule has 20 heavy (non-hydrogen) atoms. The van der Waals surface area contributed by atoms with Gasteiger partial charge in [0.2, 0.25) is 0 Å². The maximum absolute atomic E-state index is 4.53. The SMILES string of the molecule is CNC(Cc1ccc(C)c(C)c1)c1ncc(Br)cc1Br. The van der Waals surface area contributed by atoms with Crippen molar-refractivity contribution in [1.29, 1.82) is 0 Å². The van der Waals surface area contributed by atoms with Gasteiger partial charge >= 0.3 is 0 Å². The van der Waals surface area contributed by atoms with Crippen molar-refractivity contribution in [3.05, 3.63) is 61.8 Å². The Morgan fingerprint density at radius 3 is 2.50 bits per heavy atom. The van der Waals surface area contributed by atoms with E-state index in [1.54, 1.807) is 0 Å². The number of hydrogen-bond acceptors (Lipinski definition) is 2. The first-order chi connectivity index (χ1) is 9.51. The minimum atomic E-state index is 0.194. The Labute approximate surface area is 137 Å². The average Bonchev–Trinajstić information content (AvgIpc) is 2.41. The average molecular weight is 398 g/mol. The van der Waals surface area contributed by atoms with Crippen LogP contribution in [0.3, 0.4) is 0 Å². The number of aromatic nitrogens is 1. The zero-order chi connectivity index (χ0) is 14.7. The summed E-state index contributed by atoms with van der Waals surface area (Å²) in [7, 11) is 1.97. The third-order valence-corrected chi connectivity index (χ3v) is 4.59. The predicted octanol–water partition coefficient (Wildman–Crippen LogP) is 4.73. The molecule has 0 spiro atoms. The van der Waals surface area contributed by atoms with Gasteiger partial charge in [0, 0.05) is 15.1 Å². The Morgan fingerprint density at radius 1 is 1.15 bits per heavy atom. The molecule has 1 unspecified atom stereocenters. The maximum atomic E-state index is 4.53. The monoisotopic (exact) mass is 396 g/mol. The highest BCUT2D eigenvalue weighted by molar-refractivity contribution is 9.11. The van der Waals surface area contributed by atoms with E-state index < -0.39 is 0 Å². The molecule has 2 nitrogen and oxygen atoms in total. The van der Waals surface area contributed by atoms with Gasteiger partial charge in [-0.1, -0.05) is 18.2 Å². The van der Waals surface area contributed by atoms with E-state index in [1.165, 1.54) is 16.7 Å². The second kappa shape index (κ2) is 6.83. The fourth-order valence-corrected chi connectivity index (χ4v) is 3.45. The van der Waals surface area contributed by atoms with Crippen molar-refractivity contribution in [1.82, 2.24) is 10.3 Å². The number of aryl methyl sites for hydroxylation is 2. The number of hydrogen-bond donors (Lipinski definition) is 1. The van der Waals surface area contributed by atoms with Gasteiger partial charge in [0.15, 0.2) is 0 Å². The van der Waals surface area contributed by atoms with Crippen molar-refractivity contribution in [3.63, 3.8) is 0 Å². The molecule has 4 heteroatoms. The predicted molar refractivity (Wildman–Crippen MR) is 91.1 cm³/mol. The minimum absolute atomic E-state index is 0.194.